The molecular weight excluding hydrogens is 458 g/mol. The first-order chi connectivity index (χ1) is 17.1. The zero-order chi connectivity index (χ0) is 25.9. The summed E-state index contributed by atoms with van der Waals surface area (Å²) in [6, 6.07) is 11.7. The van der Waals surface area contributed by atoms with Gasteiger partial charge in [0.15, 0.2) is 11.4 Å². The van der Waals surface area contributed by atoms with Gasteiger partial charge in [0.2, 0.25) is 5.89 Å². The summed E-state index contributed by atoms with van der Waals surface area (Å²) in [5.41, 5.74) is 2.94. The predicted molar refractivity (Wildman–Crippen MR) is 135 cm³/mol. The predicted octanol–water partition coefficient (Wildman–Crippen LogP) is 4.54. The maximum absolute atomic E-state index is 13.3. The number of carbonyl (C=O) groups excluding carboxylic acids is 2. The fourth-order valence-corrected chi connectivity index (χ4v) is 3.91. The number of aromatic nitrogens is 3. The van der Waals surface area contributed by atoms with E-state index < -0.39 is 5.60 Å². The minimum absolute atomic E-state index is 0.216. The van der Waals surface area contributed by atoms with Crippen LogP contribution in [0.15, 0.2) is 47.1 Å². The molecule has 2 aromatic heterocycles. The lowest BCUT2D eigenvalue weighted by atomic mass is 10.0. The molecule has 0 unspecified atom stereocenters. The summed E-state index contributed by atoms with van der Waals surface area (Å²) in [6.45, 7) is 11.2. The van der Waals surface area contributed by atoms with Crippen molar-refractivity contribution in [3.63, 3.8) is 0 Å². The molecule has 3 aromatic rings. The summed E-state index contributed by atoms with van der Waals surface area (Å²) in [5.74, 6) is 0.387. The van der Waals surface area contributed by atoms with Crippen molar-refractivity contribution in [3.05, 3.63) is 65.2 Å². The average Bonchev–Trinajstić information content (AvgIpc) is 3.34. The van der Waals surface area contributed by atoms with Crippen molar-refractivity contribution in [2.45, 2.75) is 52.6 Å². The van der Waals surface area contributed by atoms with Gasteiger partial charge in [-0.2, -0.15) is 0 Å². The molecule has 4 rings (SSSR count). The number of rotatable bonds is 5. The van der Waals surface area contributed by atoms with Gasteiger partial charge in [0.25, 0.3) is 5.91 Å². The monoisotopic (exact) mass is 491 g/mol. The van der Waals surface area contributed by atoms with Gasteiger partial charge in [-0.1, -0.05) is 44.2 Å². The first-order valence-electron chi connectivity index (χ1n) is 12.2. The molecule has 3 heterocycles. The fraction of sp³-hybridized carbons (Fsp3) is 0.444. The second-order valence-electron chi connectivity index (χ2n) is 10.3. The Labute approximate surface area is 211 Å². The number of benzene rings is 1. The van der Waals surface area contributed by atoms with E-state index in [2.05, 4.69) is 15.2 Å². The van der Waals surface area contributed by atoms with Crippen molar-refractivity contribution < 1.29 is 18.7 Å². The van der Waals surface area contributed by atoms with Crippen LogP contribution in [0.5, 0.6) is 0 Å². The maximum Gasteiger partial charge on any atom is 0.410 e. The van der Waals surface area contributed by atoms with Crippen molar-refractivity contribution in [1.29, 1.82) is 0 Å². The quantitative estimate of drug-likeness (QED) is 0.516. The maximum atomic E-state index is 13.3. The van der Waals surface area contributed by atoms with Gasteiger partial charge in [0, 0.05) is 26.2 Å². The third-order valence-corrected chi connectivity index (χ3v) is 5.86. The lowest BCUT2D eigenvalue weighted by molar-refractivity contribution is 0.0140. The molecule has 36 heavy (non-hydrogen) atoms. The molecule has 9 nitrogen and oxygen atoms in total. The summed E-state index contributed by atoms with van der Waals surface area (Å²) in [5, 5.41) is 8.62. The van der Waals surface area contributed by atoms with Crippen LogP contribution in [0.25, 0.3) is 11.6 Å². The summed E-state index contributed by atoms with van der Waals surface area (Å²) >= 11 is 0. The fourth-order valence-electron chi connectivity index (χ4n) is 3.91. The lowest BCUT2D eigenvalue weighted by Crippen LogP contribution is -2.51. The number of hydrogen-bond acceptors (Lipinski definition) is 7. The number of hydrogen-bond donors (Lipinski definition) is 0. The normalized spacial score (nSPS) is 14.3. The molecule has 1 aliphatic rings. The van der Waals surface area contributed by atoms with E-state index in [-0.39, 0.29) is 23.6 Å². The summed E-state index contributed by atoms with van der Waals surface area (Å²) in [7, 11) is 0. The Morgan fingerprint density at radius 1 is 1.03 bits per heavy atom. The van der Waals surface area contributed by atoms with Crippen LogP contribution in [0.3, 0.4) is 0 Å². The van der Waals surface area contributed by atoms with Gasteiger partial charge < -0.3 is 19.0 Å². The van der Waals surface area contributed by atoms with E-state index in [4.69, 9.17) is 9.15 Å². The van der Waals surface area contributed by atoms with Gasteiger partial charge in [-0.25, -0.2) is 9.78 Å². The molecular formula is C27H33N5O4. The van der Waals surface area contributed by atoms with E-state index in [0.29, 0.717) is 44.2 Å². The molecule has 0 aliphatic carbocycles. The second kappa shape index (κ2) is 10.5. The highest BCUT2D eigenvalue weighted by molar-refractivity contribution is 5.92. The standard InChI is InChI=1S/C27H33N5O4/c1-18(2)22-17-35-24(28-22)23-20(15-19-9-7-6-8-10-19)16-21(29-30-23)25(33)31-11-13-32(14-12-31)26(34)36-27(3,4)5/h6-10,16-18H,11-15H2,1-5H3. The Balaban J connectivity index is 1.54. The van der Waals surface area contributed by atoms with Crippen LogP contribution in [-0.4, -0.2) is 68.8 Å². The van der Waals surface area contributed by atoms with Crippen molar-refractivity contribution in [3.8, 4) is 11.6 Å². The number of amides is 2. The van der Waals surface area contributed by atoms with Crippen molar-refractivity contribution >= 4 is 12.0 Å². The molecule has 9 heteroatoms. The third kappa shape index (κ3) is 6.08. The van der Waals surface area contributed by atoms with Crippen LogP contribution in [0.1, 0.15) is 67.8 Å². The Kier molecular flexibility index (Phi) is 7.37. The van der Waals surface area contributed by atoms with Gasteiger partial charge in [-0.15, -0.1) is 10.2 Å². The van der Waals surface area contributed by atoms with Crippen LogP contribution in [0, 0.1) is 0 Å². The molecule has 2 amide bonds. The largest absolute Gasteiger partial charge is 0.444 e. The number of nitrogens with zero attached hydrogens (tertiary/aromatic N) is 5. The third-order valence-electron chi connectivity index (χ3n) is 5.86. The van der Waals surface area contributed by atoms with Gasteiger partial charge in [0.1, 0.15) is 11.9 Å². The highest BCUT2D eigenvalue weighted by atomic mass is 16.6. The highest BCUT2D eigenvalue weighted by Gasteiger charge is 2.29. The number of oxazole rings is 1. The molecule has 0 saturated carbocycles. The summed E-state index contributed by atoms with van der Waals surface area (Å²) in [4.78, 5) is 33.6. The minimum Gasteiger partial charge on any atom is -0.444 e. The van der Waals surface area contributed by atoms with E-state index in [9.17, 15) is 9.59 Å². The number of carbonyl (C=O) groups is 2. The van der Waals surface area contributed by atoms with Gasteiger partial charge in [0.05, 0.1) is 5.69 Å². The van der Waals surface area contributed by atoms with Crippen LogP contribution in [0.2, 0.25) is 0 Å². The van der Waals surface area contributed by atoms with Crippen molar-refractivity contribution in [2.24, 2.45) is 0 Å². The molecule has 0 atom stereocenters. The topological polar surface area (TPSA) is 102 Å². The minimum atomic E-state index is -0.560. The van der Waals surface area contributed by atoms with E-state index >= 15 is 0 Å². The van der Waals surface area contributed by atoms with Crippen molar-refractivity contribution in [1.82, 2.24) is 25.0 Å². The lowest BCUT2D eigenvalue weighted by Gasteiger charge is -2.35. The average molecular weight is 492 g/mol. The molecule has 1 aromatic carbocycles. The van der Waals surface area contributed by atoms with Crippen LogP contribution in [-0.2, 0) is 11.2 Å². The molecule has 1 saturated heterocycles. The highest BCUT2D eigenvalue weighted by Crippen LogP contribution is 2.26. The molecule has 0 bridgehead atoms. The molecule has 1 aliphatic heterocycles. The second-order valence-corrected chi connectivity index (χ2v) is 10.3. The SMILES string of the molecule is CC(C)c1coc(-c2nnc(C(=O)N3CCN(C(=O)OC(C)(C)C)CC3)cc2Cc2ccccc2)n1. The van der Waals surface area contributed by atoms with Gasteiger partial charge >= 0.3 is 6.09 Å². The van der Waals surface area contributed by atoms with Gasteiger partial charge in [-0.05, 0) is 50.3 Å². The summed E-state index contributed by atoms with van der Waals surface area (Å²) in [6.07, 6.45) is 1.82. The summed E-state index contributed by atoms with van der Waals surface area (Å²) < 4.78 is 11.2. The number of ether oxygens (including phenoxy) is 1. The van der Waals surface area contributed by atoms with Crippen molar-refractivity contribution in [2.75, 3.05) is 26.2 Å². The first kappa shape index (κ1) is 25.3. The van der Waals surface area contributed by atoms with E-state index in [1.165, 1.54) is 0 Å². The van der Waals surface area contributed by atoms with Crippen LogP contribution >= 0.6 is 0 Å². The van der Waals surface area contributed by atoms with Crippen LogP contribution in [0.4, 0.5) is 4.79 Å². The van der Waals surface area contributed by atoms with Gasteiger partial charge in [-0.3, -0.25) is 4.79 Å². The zero-order valence-electron chi connectivity index (χ0n) is 21.5. The van der Waals surface area contributed by atoms with Crippen LogP contribution < -0.4 is 0 Å². The smallest absolute Gasteiger partial charge is 0.410 e. The number of piperazine rings is 1. The van der Waals surface area contributed by atoms with E-state index in [1.54, 1.807) is 22.1 Å². The molecule has 0 N–H and O–H groups in total. The molecule has 0 radical (unpaired) electrons. The first-order valence-corrected chi connectivity index (χ1v) is 12.2. The van der Waals surface area contributed by atoms with E-state index in [1.807, 2.05) is 65.0 Å². The molecule has 0 spiro atoms. The zero-order valence-corrected chi connectivity index (χ0v) is 21.5. The Bertz CT molecular complexity index is 1210. The molecule has 190 valence electrons. The van der Waals surface area contributed by atoms with E-state index in [0.717, 1.165) is 16.8 Å². The molecule has 1 fully saturated rings. The Morgan fingerprint density at radius 3 is 2.31 bits per heavy atom. The Morgan fingerprint density at radius 2 is 1.69 bits per heavy atom. The Hall–Kier alpha value is -3.75.